The fourth-order valence-corrected chi connectivity index (χ4v) is 9.21. The standard InChI is InChI=1S/C29H36F4N6O4S/c1-17-9-22(34)36-24(23(17)29(31,32)33)21-10-20-19(14-44(21,41)42)25(38-7-3-5-27(2,40)15-38)37-26(35-20)43-16-28-6-4-8-39(28)13-18(11-28)12-30/h9,12,21,40H,3-8,10-11,13-16H2,1-2H3,(H2,34,36)/t21-,27+,28-/m0/s1. The van der Waals surface area contributed by atoms with Gasteiger partial charge in [-0.05, 0) is 69.7 Å². The van der Waals surface area contributed by atoms with Gasteiger partial charge in [-0.15, -0.1) is 0 Å². The lowest BCUT2D eigenvalue weighted by Gasteiger charge is -2.39. The Morgan fingerprint density at radius 2 is 1.95 bits per heavy atom. The Balaban J connectivity index is 1.42. The Labute approximate surface area is 253 Å². The molecule has 0 spiro atoms. The second kappa shape index (κ2) is 10.8. The summed E-state index contributed by atoms with van der Waals surface area (Å²) in [5.74, 6) is -0.555. The van der Waals surface area contributed by atoms with E-state index in [2.05, 4.69) is 19.9 Å². The van der Waals surface area contributed by atoms with Crippen LogP contribution in [0.4, 0.5) is 29.2 Å². The highest BCUT2D eigenvalue weighted by molar-refractivity contribution is 7.91. The Morgan fingerprint density at radius 1 is 1.20 bits per heavy atom. The summed E-state index contributed by atoms with van der Waals surface area (Å²) in [6, 6.07) is 1.02. The minimum atomic E-state index is -4.86. The van der Waals surface area contributed by atoms with Gasteiger partial charge in [-0.25, -0.2) is 17.8 Å². The van der Waals surface area contributed by atoms with Crippen molar-refractivity contribution in [1.82, 2.24) is 19.9 Å². The molecule has 10 nitrogen and oxygen atoms in total. The van der Waals surface area contributed by atoms with Crippen molar-refractivity contribution in [3.63, 3.8) is 0 Å². The number of ether oxygens (including phenoxy) is 1. The van der Waals surface area contributed by atoms with E-state index in [1.807, 2.05) is 0 Å². The molecule has 0 unspecified atom stereocenters. The van der Waals surface area contributed by atoms with Crippen molar-refractivity contribution in [2.45, 2.75) is 80.7 Å². The number of aliphatic hydroxyl groups is 1. The number of aromatic nitrogens is 3. The van der Waals surface area contributed by atoms with Crippen LogP contribution >= 0.6 is 0 Å². The molecule has 0 bridgehead atoms. The number of sulfone groups is 1. The summed E-state index contributed by atoms with van der Waals surface area (Å²) in [5, 5.41) is 9.18. The number of nitrogens with zero attached hydrogens (tertiary/aromatic N) is 5. The van der Waals surface area contributed by atoms with Crippen molar-refractivity contribution in [3.05, 3.63) is 46.0 Å². The Bertz CT molecular complexity index is 1620. The molecule has 0 saturated carbocycles. The Kier molecular flexibility index (Phi) is 7.60. The van der Waals surface area contributed by atoms with Crippen LogP contribution in [0, 0.1) is 6.92 Å². The van der Waals surface area contributed by atoms with Crippen LogP contribution in [0.3, 0.4) is 0 Å². The largest absolute Gasteiger partial charge is 0.461 e. The van der Waals surface area contributed by atoms with Gasteiger partial charge in [-0.2, -0.15) is 23.1 Å². The minimum absolute atomic E-state index is 0.0475. The maximum atomic E-state index is 14.2. The number of halogens is 4. The van der Waals surface area contributed by atoms with E-state index in [1.54, 1.807) is 11.8 Å². The van der Waals surface area contributed by atoms with Crippen LogP contribution in [0.25, 0.3) is 0 Å². The van der Waals surface area contributed by atoms with E-state index in [4.69, 9.17) is 10.5 Å². The van der Waals surface area contributed by atoms with Gasteiger partial charge in [0.05, 0.1) is 40.2 Å². The van der Waals surface area contributed by atoms with Crippen molar-refractivity contribution >= 4 is 21.5 Å². The lowest BCUT2D eigenvalue weighted by atomic mass is 9.94. The molecule has 6 rings (SSSR count). The number of pyridine rings is 1. The highest BCUT2D eigenvalue weighted by Crippen LogP contribution is 2.45. The third-order valence-electron chi connectivity index (χ3n) is 9.35. The maximum Gasteiger partial charge on any atom is 0.418 e. The molecular formula is C29H36F4N6O4S. The highest BCUT2D eigenvalue weighted by Gasteiger charge is 2.48. The summed E-state index contributed by atoms with van der Waals surface area (Å²) in [4.78, 5) is 17.1. The van der Waals surface area contributed by atoms with E-state index < -0.39 is 55.8 Å². The number of anilines is 2. The van der Waals surface area contributed by atoms with E-state index in [1.165, 1.54) is 6.92 Å². The molecular weight excluding hydrogens is 604 g/mol. The molecule has 3 atom stereocenters. The van der Waals surface area contributed by atoms with E-state index in [0.717, 1.165) is 25.5 Å². The lowest BCUT2D eigenvalue weighted by Crippen LogP contribution is -2.47. The highest BCUT2D eigenvalue weighted by atomic mass is 32.2. The zero-order valence-corrected chi connectivity index (χ0v) is 25.4. The van der Waals surface area contributed by atoms with Crippen molar-refractivity contribution in [2.75, 3.05) is 43.4 Å². The summed E-state index contributed by atoms with van der Waals surface area (Å²) < 4.78 is 89.7. The number of nitrogen functional groups attached to an aromatic ring is 1. The zero-order valence-electron chi connectivity index (χ0n) is 24.6. The second-order valence-electron chi connectivity index (χ2n) is 12.9. The van der Waals surface area contributed by atoms with Crippen molar-refractivity contribution in [3.8, 4) is 6.01 Å². The molecule has 0 amide bonds. The summed E-state index contributed by atoms with van der Waals surface area (Å²) in [5.41, 5.74) is 3.51. The van der Waals surface area contributed by atoms with Crippen LogP contribution in [0.2, 0.25) is 0 Å². The monoisotopic (exact) mass is 640 g/mol. The first-order chi connectivity index (χ1) is 20.6. The number of hydrogen-bond donors (Lipinski definition) is 2. The van der Waals surface area contributed by atoms with Gasteiger partial charge in [-0.3, -0.25) is 4.90 Å². The average Bonchev–Trinajstić information content (AvgIpc) is 3.46. The molecule has 6 heterocycles. The first kappa shape index (κ1) is 31.0. The first-order valence-electron chi connectivity index (χ1n) is 14.7. The molecule has 2 aromatic rings. The topological polar surface area (TPSA) is 135 Å². The molecule has 3 fully saturated rings. The SMILES string of the molecule is Cc1cc(N)nc([C@@H]2Cc3nc(OC[C@@]45CCCN4CC(=CF)C5)nc(N4CCC[C@@](C)(O)C4)c3CS2(=O)=O)c1C(F)(F)F. The van der Waals surface area contributed by atoms with Gasteiger partial charge in [0.25, 0.3) is 0 Å². The second-order valence-corrected chi connectivity index (χ2v) is 15.1. The summed E-state index contributed by atoms with van der Waals surface area (Å²) >= 11 is 0. The Hall–Kier alpha value is -3.04. The van der Waals surface area contributed by atoms with Gasteiger partial charge in [-0.1, -0.05) is 0 Å². The zero-order chi connectivity index (χ0) is 31.7. The molecule has 0 radical (unpaired) electrons. The van der Waals surface area contributed by atoms with E-state index >= 15 is 0 Å². The molecule has 44 heavy (non-hydrogen) atoms. The molecule has 0 aromatic carbocycles. The van der Waals surface area contributed by atoms with Crippen molar-refractivity contribution < 1.29 is 35.8 Å². The molecule has 4 aliphatic rings. The minimum Gasteiger partial charge on any atom is -0.461 e. The molecule has 3 saturated heterocycles. The van der Waals surface area contributed by atoms with Crippen LogP contribution in [0.5, 0.6) is 6.01 Å². The summed E-state index contributed by atoms with van der Waals surface area (Å²) in [6.45, 7) is 5.04. The first-order valence-corrected chi connectivity index (χ1v) is 16.4. The van der Waals surface area contributed by atoms with Gasteiger partial charge in [0, 0.05) is 31.6 Å². The number of rotatable bonds is 5. The fraction of sp³-hybridized carbons (Fsp3) is 0.621. The molecule has 3 N–H and O–H groups in total. The maximum absolute atomic E-state index is 14.2. The summed E-state index contributed by atoms with van der Waals surface area (Å²) in [7, 11) is -4.23. The molecule has 0 aliphatic carbocycles. The van der Waals surface area contributed by atoms with Crippen LogP contribution in [-0.4, -0.2) is 77.3 Å². The van der Waals surface area contributed by atoms with E-state index in [0.29, 0.717) is 44.3 Å². The number of fused-ring (bicyclic) bond motifs is 2. The number of hydrogen-bond acceptors (Lipinski definition) is 10. The number of piperidine rings is 1. The average molecular weight is 641 g/mol. The molecule has 2 aromatic heterocycles. The smallest absolute Gasteiger partial charge is 0.418 e. The third-order valence-corrected chi connectivity index (χ3v) is 11.3. The predicted octanol–water partition coefficient (Wildman–Crippen LogP) is 3.81. The number of nitrogens with two attached hydrogens (primary N) is 1. The van der Waals surface area contributed by atoms with Gasteiger partial charge < -0.3 is 20.5 Å². The lowest BCUT2D eigenvalue weighted by molar-refractivity contribution is -0.139. The molecule has 15 heteroatoms. The van der Waals surface area contributed by atoms with E-state index in [9.17, 15) is 31.1 Å². The number of β-amino-alcohol motifs (C(OH)–C–C–N with tert-alkyl or cyclic N) is 1. The Morgan fingerprint density at radius 3 is 2.66 bits per heavy atom. The normalized spacial score (nSPS) is 29.6. The van der Waals surface area contributed by atoms with Crippen LogP contribution in [0.1, 0.15) is 72.4 Å². The van der Waals surface area contributed by atoms with Gasteiger partial charge in [0.15, 0.2) is 9.84 Å². The van der Waals surface area contributed by atoms with E-state index in [-0.39, 0.29) is 47.6 Å². The predicted molar refractivity (Wildman–Crippen MR) is 154 cm³/mol. The third kappa shape index (κ3) is 5.62. The molecule has 240 valence electrons. The van der Waals surface area contributed by atoms with Crippen LogP contribution in [0.15, 0.2) is 18.0 Å². The quantitative estimate of drug-likeness (QED) is 0.465. The van der Waals surface area contributed by atoms with Gasteiger partial charge in [0.1, 0.15) is 23.5 Å². The van der Waals surface area contributed by atoms with Crippen molar-refractivity contribution in [1.29, 1.82) is 0 Å². The van der Waals surface area contributed by atoms with Crippen molar-refractivity contribution in [2.24, 2.45) is 0 Å². The number of aryl methyl sites for hydroxylation is 1. The summed E-state index contributed by atoms with van der Waals surface area (Å²) in [6.07, 6.45) is -1.23. The van der Waals surface area contributed by atoms with Crippen LogP contribution in [-0.2, 0) is 28.2 Å². The fourth-order valence-electron chi connectivity index (χ4n) is 7.39. The van der Waals surface area contributed by atoms with Gasteiger partial charge >= 0.3 is 12.2 Å². The molecule has 4 aliphatic heterocycles. The van der Waals surface area contributed by atoms with Gasteiger partial charge in [0.2, 0.25) is 0 Å². The number of alkyl halides is 3. The van der Waals surface area contributed by atoms with Crippen LogP contribution < -0.4 is 15.4 Å².